The lowest BCUT2D eigenvalue weighted by Gasteiger charge is -2.10. The lowest BCUT2D eigenvalue weighted by molar-refractivity contribution is -0.137. The summed E-state index contributed by atoms with van der Waals surface area (Å²) in [5, 5.41) is 3.18. The molecule has 1 amide bonds. The third-order valence-corrected chi connectivity index (χ3v) is 3.83. The van der Waals surface area contributed by atoms with E-state index in [0.717, 1.165) is 28.8 Å². The summed E-state index contributed by atoms with van der Waals surface area (Å²) >= 11 is 5.84. The van der Waals surface area contributed by atoms with Gasteiger partial charge in [-0.2, -0.15) is 13.2 Å². The SMILES string of the molecule is O=C(Cn1cnc2cc(Cl)ccc2c1=O)Nc1ccc(C(F)(F)F)cc1. The first-order valence-electron chi connectivity index (χ1n) is 7.36. The van der Waals surface area contributed by atoms with Crippen LogP contribution in [0.2, 0.25) is 5.02 Å². The maximum absolute atomic E-state index is 12.5. The van der Waals surface area contributed by atoms with Crippen molar-refractivity contribution in [1.29, 1.82) is 0 Å². The van der Waals surface area contributed by atoms with Crippen molar-refractivity contribution in [2.45, 2.75) is 12.7 Å². The second-order valence-electron chi connectivity index (χ2n) is 5.46. The van der Waals surface area contributed by atoms with Gasteiger partial charge < -0.3 is 5.32 Å². The average Bonchev–Trinajstić information content (AvgIpc) is 2.57. The molecule has 3 rings (SSSR count). The van der Waals surface area contributed by atoms with Gasteiger partial charge in [-0.1, -0.05) is 11.6 Å². The molecule has 0 bridgehead atoms. The standard InChI is InChI=1S/C17H11ClF3N3O2/c18-11-3-6-13-14(7-11)22-9-24(16(13)26)8-15(25)23-12-4-1-10(2-5-12)17(19,20)21/h1-7,9H,8H2,(H,23,25). The van der Waals surface area contributed by atoms with Crippen molar-refractivity contribution in [2.24, 2.45) is 0 Å². The molecule has 0 saturated heterocycles. The minimum atomic E-state index is -4.45. The van der Waals surface area contributed by atoms with Gasteiger partial charge in [-0.15, -0.1) is 0 Å². The maximum Gasteiger partial charge on any atom is 0.416 e. The number of rotatable bonds is 3. The van der Waals surface area contributed by atoms with Gasteiger partial charge in [0, 0.05) is 10.7 Å². The van der Waals surface area contributed by atoms with E-state index in [2.05, 4.69) is 10.3 Å². The molecular formula is C17H11ClF3N3O2. The highest BCUT2D eigenvalue weighted by molar-refractivity contribution is 6.31. The topological polar surface area (TPSA) is 64.0 Å². The fourth-order valence-corrected chi connectivity index (χ4v) is 2.51. The number of benzene rings is 2. The molecule has 0 radical (unpaired) electrons. The molecule has 0 atom stereocenters. The van der Waals surface area contributed by atoms with E-state index in [1.807, 2.05) is 0 Å². The number of nitrogens with one attached hydrogen (secondary N) is 1. The summed E-state index contributed by atoms with van der Waals surface area (Å²) in [4.78, 5) is 28.5. The van der Waals surface area contributed by atoms with Gasteiger partial charge >= 0.3 is 6.18 Å². The molecule has 1 N–H and O–H groups in total. The molecule has 134 valence electrons. The number of fused-ring (bicyclic) bond motifs is 1. The first-order chi connectivity index (χ1) is 12.2. The van der Waals surface area contributed by atoms with Gasteiger partial charge in [0.15, 0.2) is 0 Å². The van der Waals surface area contributed by atoms with Crippen molar-refractivity contribution >= 4 is 34.1 Å². The molecule has 0 aliphatic carbocycles. The number of alkyl halides is 3. The number of hydrogen-bond donors (Lipinski definition) is 1. The minimum absolute atomic E-state index is 0.191. The second-order valence-corrected chi connectivity index (χ2v) is 5.90. The average molecular weight is 382 g/mol. The Morgan fingerprint density at radius 1 is 1.15 bits per heavy atom. The number of anilines is 1. The second kappa shape index (κ2) is 6.80. The first kappa shape index (κ1) is 17.9. The number of amides is 1. The zero-order valence-corrected chi connectivity index (χ0v) is 13.8. The van der Waals surface area contributed by atoms with Crippen LogP contribution >= 0.6 is 11.6 Å². The third-order valence-electron chi connectivity index (χ3n) is 3.60. The van der Waals surface area contributed by atoms with Crippen LogP contribution in [-0.4, -0.2) is 15.5 Å². The molecule has 9 heteroatoms. The predicted octanol–water partition coefficient (Wildman–Crippen LogP) is 3.71. The van der Waals surface area contributed by atoms with Crippen molar-refractivity contribution in [3.8, 4) is 0 Å². The lowest BCUT2D eigenvalue weighted by atomic mass is 10.2. The molecule has 0 saturated carbocycles. The van der Waals surface area contributed by atoms with Gasteiger partial charge in [0.2, 0.25) is 5.91 Å². The van der Waals surface area contributed by atoms with E-state index in [1.165, 1.54) is 18.5 Å². The largest absolute Gasteiger partial charge is 0.416 e. The summed E-state index contributed by atoms with van der Waals surface area (Å²) in [6, 6.07) is 8.60. The van der Waals surface area contributed by atoms with E-state index < -0.39 is 23.2 Å². The van der Waals surface area contributed by atoms with Crippen LogP contribution in [0.1, 0.15) is 5.56 Å². The van der Waals surface area contributed by atoms with Crippen LogP contribution < -0.4 is 10.9 Å². The van der Waals surface area contributed by atoms with Crippen LogP contribution in [0.15, 0.2) is 53.6 Å². The smallest absolute Gasteiger partial charge is 0.325 e. The Labute approximate surface area is 150 Å². The zero-order valence-electron chi connectivity index (χ0n) is 13.0. The van der Waals surface area contributed by atoms with Crippen molar-refractivity contribution in [3.05, 3.63) is 69.7 Å². The number of halogens is 4. The van der Waals surface area contributed by atoms with Gasteiger partial charge in [-0.3, -0.25) is 14.2 Å². The molecule has 0 spiro atoms. The van der Waals surface area contributed by atoms with Crippen molar-refractivity contribution < 1.29 is 18.0 Å². The van der Waals surface area contributed by atoms with Crippen molar-refractivity contribution in [3.63, 3.8) is 0 Å². The van der Waals surface area contributed by atoms with Crippen LogP contribution in [0.25, 0.3) is 10.9 Å². The van der Waals surface area contributed by atoms with E-state index >= 15 is 0 Å². The highest BCUT2D eigenvalue weighted by Crippen LogP contribution is 2.29. The summed E-state index contributed by atoms with van der Waals surface area (Å²) in [7, 11) is 0. The molecule has 0 unspecified atom stereocenters. The quantitative estimate of drug-likeness (QED) is 0.752. The summed E-state index contributed by atoms with van der Waals surface area (Å²) < 4.78 is 38.7. The van der Waals surface area contributed by atoms with E-state index in [-0.39, 0.29) is 12.2 Å². The Morgan fingerprint density at radius 3 is 2.50 bits per heavy atom. The maximum atomic E-state index is 12.5. The van der Waals surface area contributed by atoms with Crippen LogP contribution in [0.5, 0.6) is 0 Å². The third kappa shape index (κ3) is 3.85. The molecule has 0 aliphatic rings. The van der Waals surface area contributed by atoms with Crippen LogP contribution in [0.4, 0.5) is 18.9 Å². The van der Waals surface area contributed by atoms with E-state index in [1.54, 1.807) is 6.07 Å². The molecule has 1 aromatic heterocycles. The normalized spacial score (nSPS) is 11.5. The lowest BCUT2D eigenvalue weighted by Crippen LogP contribution is -2.27. The number of hydrogen-bond acceptors (Lipinski definition) is 3. The molecular weight excluding hydrogens is 371 g/mol. The molecule has 26 heavy (non-hydrogen) atoms. The van der Waals surface area contributed by atoms with Crippen molar-refractivity contribution in [1.82, 2.24) is 9.55 Å². The number of carbonyl (C=O) groups is 1. The Balaban J connectivity index is 1.76. The molecule has 2 aromatic carbocycles. The van der Waals surface area contributed by atoms with Crippen LogP contribution in [0.3, 0.4) is 0 Å². The van der Waals surface area contributed by atoms with Crippen LogP contribution in [0, 0.1) is 0 Å². The van der Waals surface area contributed by atoms with E-state index in [9.17, 15) is 22.8 Å². The fourth-order valence-electron chi connectivity index (χ4n) is 2.34. The summed E-state index contributed by atoms with van der Waals surface area (Å²) in [5.41, 5.74) is -0.642. The molecule has 0 aliphatic heterocycles. The Bertz CT molecular complexity index is 1030. The highest BCUT2D eigenvalue weighted by atomic mass is 35.5. The summed E-state index contributed by atoms with van der Waals surface area (Å²) in [6.45, 7) is -0.328. The molecule has 0 fully saturated rings. The Morgan fingerprint density at radius 2 is 1.85 bits per heavy atom. The zero-order chi connectivity index (χ0) is 18.9. The molecule has 3 aromatic rings. The van der Waals surface area contributed by atoms with E-state index in [0.29, 0.717) is 15.9 Å². The van der Waals surface area contributed by atoms with E-state index in [4.69, 9.17) is 11.6 Å². The number of carbonyl (C=O) groups excluding carboxylic acids is 1. The monoisotopic (exact) mass is 381 g/mol. The predicted molar refractivity (Wildman–Crippen MR) is 91.1 cm³/mol. The van der Waals surface area contributed by atoms with Crippen molar-refractivity contribution in [2.75, 3.05) is 5.32 Å². The van der Waals surface area contributed by atoms with Crippen LogP contribution in [-0.2, 0) is 17.5 Å². The fraction of sp³-hybridized carbons (Fsp3) is 0.118. The van der Waals surface area contributed by atoms with Gasteiger partial charge in [-0.25, -0.2) is 4.98 Å². The van der Waals surface area contributed by atoms with Gasteiger partial charge in [0.25, 0.3) is 5.56 Å². The Kier molecular flexibility index (Phi) is 4.69. The summed E-state index contributed by atoms with van der Waals surface area (Å²) in [6.07, 6.45) is -3.23. The summed E-state index contributed by atoms with van der Waals surface area (Å²) in [5.74, 6) is -0.568. The Hall–Kier alpha value is -2.87. The van der Waals surface area contributed by atoms with Gasteiger partial charge in [-0.05, 0) is 42.5 Å². The number of nitrogens with zero attached hydrogens (tertiary/aromatic N) is 2. The first-order valence-corrected chi connectivity index (χ1v) is 7.73. The highest BCUT2D eigenvalue weighted by Gasteiger charge is 2.29. The van der Waals surface area contributed by atoms with Gasteiger partial charge in [0.05, 0.1) is 22.8 Å². The molecule has 1 heterocycles. The van der Waals surface area contributed by atoms with Gasteiger partial charge in [0.1, 0.15) is 6.54 Å². The minimum Gasteiger partial charge on any atom is -0.325 e. The molecule has 5 nitrogen and oxygen atoms in total. The number of aromatic nitrogens is 2.